The average Bonchev–Trinajstić information content (AvgIpc) is 1.67. The van der Waals surface area contributed by atoms with E-state index in [0.29, 0.717) is 0 Å². The summed E-state index contributed by atoms with van der Waals surface area (Å²) < 4.78 is 3.76. The SMILES string of the molecule is [CH2-][CH+]C(C)(C)C[OH+][CH2-]. The van der Waals surface area contributed by atoms with Gasteiger partial charge in [-0.1, -0.05) is 13.5 Å². The minimum absolute atomic E-state index is 0.127. The molecule has 1 nitrogen and oxygen atoms in total. The summed E-state index contributed by atoms with van der Waals surface area (Å²) >= 11 is 0. The van der Waals surface area contributed by atoms with Crippen molar-refractivity contribution in [3.63, 3.8) is 0 Å². The summed E-state index contributed by atoms with van der Waals surface area (Å²) in [7, 11) is 3.40. The Balaban J connectivity index is 3.37. The van der Waals surface area contributed by atoms with E-state index in [-0.39, 0.29) is 5.41 Å². The van der Waals surface area contributed by atoms with Gasteiger partial charge in [-0.05, 0) is 13.8 Å². The fraction of sp³-hybridized carbons (Fsp3) is 0.571. The Labute approximate surface area is 52.0 Å². The van der Waals surface area contributed by atoms with Gasteiger partial charge in [-0.25, -0.2) is 0 Å². The van der Waals surface area contributed by atoms with Gasteiger partial charge in [0, 0.05) is 0 Å². The van der Waals surface area contributed by atoms with E-state index < -0.39 is 0 Å². The molecule has 0 bridgehead atoms. The molecule has 0 saturated carbocycles. The van der Waals surface area contributed by atoms with Gasteiger partial charge in [0.15, 0.2) is 6.61 Å². The lowest BCUT2D eigenvalue weighted by molar-refractivity contribution is 0.00709. The fourth-order valence-electron chi connectivity index (χ4n) is 0.353. The molecule has 0 aromatic heterocycles. The average molecular weight is 114 g/mol. The van der Waals surface area contributed by atoms with Crippen LogP contribution in [-0.2, 0) is 0 Å². The van der Waals surface area contributed by atoms with Crippen LogP contribution in [0.2, 0.25) is 0 Å². The third-order valence-corrected chi connectivity index (χ3v) is 1.07. The molecule has 48 valence electrons. The van der Waals surface area contributed by atoms with E-state index in [1.165, 1.54) is 0 Å². The maximum absolute atomic E-state index is 3.76. The van der Waals surface area contributed by atoms with Crippen molar-refractivity contribution in [3.05, 3.63) is 20.5 Å². The van der Waals surface area contributed by atoms with E-state index in [2.05, 4.69) is 32.6 Å². The van der Waals surface area contributed by atoms with Crippen molar-refractivity contribution >= 4 is 0 Å². The van der Waals surface area contributed by atoms with Crippen molar-refractivity contribution in [1.29, 1.82) is 0 Å². The normalized spacial score (nSPS) is 11.5. The van der Waals surface area contributed by atoms with Crippen molar-refractivity contribution < 1.29 is 4.74 Å². The van der Waals surface area contributed by atoms with E-state index in [1.807, 2.05) is 6.42 Å². The van der Waals surface area contributed by atoms with Crippen LogP contribution in [0.3, 0.4) is 0 Å². The molecule has 0 aromatic rings. The molecule has 0 fully saturated rings. The summed E-state index contributed by atoms with van der Waals surface area (Å²) in [5, 5.41) is 0. The van der Waals surface area contributed by atoms with E-state index >= 15 is 0 Å². The second kappa shape index (κ2) is 2.98. The molecule has 0 rings (SSSR count). The van der Waals surface area contributed by atoms with Crippen LogP contribution >= 0.6 is 0 Å². The molecule has 0 aliphatic rings. The highest BCUT2D eigenvalue weighted by atomic mass is 16.5. The van der Waals surface area contributed by atoms with E-state index in [1.54, 1.807) is 0 Å². The van der Waals surface area contributed by atoms with Gasteiger partial charge < -0.3 is 4.74 Å². The Morgan fingerprint density at radius 1 is 1.62 bits per heavy atom. The predicted molar refractivity (Wildman–Crippen MR) is 35.9 cm³/mol. The zero-order chi connectivity index (χ0) is 6.62. The molecule has 0 radical (unpaired) electrons. The van der Waals surface area contributed by atoms with Crippen LogP contribution in [0, 0.1) is 25.9 Å². The van der Waals surface area contributed by atoms with Gasteiger partial charge in [0.25, 0.3) is 0 Å². The number of ether oxygens (including phenoxy) is 1. The zero-order valence-electron chi connectivity index (χ0n) is 5.65. The highest BCUT2D eigenvalue weighted by molar-refractivity contribution is 4.85. The van der Waals surface area contributed by atoms with Crippen LogP contribution in [0.4, 0.5) is 0 Å². The third kappa shape index (κ3) is 2.92. The molecule has 0 aliphatic heterocycles. The van der Waals surface area contributed by atoms with E-state index in [0.717, 1.165) is 6.61 Å². The standard InChI is InChI=1S/C7H14O/c1-5-7(2,3)6-8-4/h5,8H,1,4,6H2,2-3H3. The molecular formula is C7H14O. The lowest BCUT2D eigenvalue weighted by Crippen LogP contribution is -2.18. The van der Waals surface area contributed by atoms with Gasteiger partial charge in [0.1, 0.15) is 5.41 Å². The summed E-state index contributed by atoms with van der Waals surface area (Å²) in [6.45, 7) is 8.58. The summed E-state index contributed by atoms with van der Waals surface area (Å²) in [6.07, 6.45) is 1.89. The van der Waals surface area contributed by atoms with Gasteiger partial charge in [-0.2, -0.15) is 0 Å². The summed E-state index contributed by atoms with van der Waals surface area (Å²) in [4.78, 5) is 0. The van der Waals surface area contributed by atoms with Gasteiger partial charge in [-0.3, -0.25) is 0 Å². The lowest BCUT2D eigenvalue weighted by Gasteiger charge is -2.15. The van der Waals surface area contributed by atoms with Gasteiger partial charge in [0.05, 0.1) is 0 Å². The van der Waals surface area contributed by atoms with Crippen molar-refractivity contribution in [2.75, 3.05) is 6.61 Å². The number of rotatable bonds is 3. The molecule has 8 heavy (non-hydrogen) atoms. The van der Waals surface area contributed by atoms with E-state index in [4.69, 9.17) is 0 Å². The van der Waals surface area contributed by atoms with E-state index in [9.17, 15) is 0 Å². The van der Waals surface area contributed by atoms with Gasteiger partial charge in [-0.15, -0.1) is 6.92 Å². The third-order valence-electron chi connectivity index (χ3n) is 1.07. The molecule has 0 saturated heterocycles. The van der Waals surface area contributed by atoms with Crippen LogP contribution in [0.15, 0.2) is 0 Å². The first-order chi connectivity index (χ1) is 3.62. The Kier molecular flexibility index (Phi) is 2.91. The highest BCUT2D eigenvalue weighted by Crippen LogP contribution is 2.16. The van der Waals surface area contributed by atoms with Crippen LogP contribution in [0.25, 0.3) is 0 Å². The number of hydrogen-bond donors (Lipinski definition) is 0. The Bertz CT molecular complexity index is 57.4. The Morgan fingerprint density at radius 2 is 2.12 bits per heavy atom. The Morgan fingerprint density at radius 3 is 2.25 bits per heavy atom. The minimum atomic E-state index is 0.127. The number of aliphatic hydroxyl groups is 2. The monoisotopic (exact) mass is 114 g/mol. The highest BCUT2D eigenvalue weighted by Gasteiger charge is 2.21. The van der Waals surface area contributed by atoms with Crippen molar-refractivity contribution in [1.82, 2.24) is 0 Å². The summed E-state index contributed by atoms with van der Waals surface area (Å²) in [6, 6.07) is 0. The maximum Gasteiger partial charge on any atom is 0.162 e. The predicted octanol–water partition coefficient (Wildman–Crippen LogP) is 1.37. The Hall–Kier alpha value is -0.170. The molecule has 0 unspecified atom stereocenters. The molecule has 0 heterocycles. The van der Waals surface area contributed by atoms with Crippen LogP contribution in [0.1, 0.15) is 13.8 Å². The number of hydrogen-bond acceptors (Lipinski definition) is 0. The molecule has 0 spiro atoms. The van der Waals surface area contributed by atoms with Crippen LogP contribution < -0.4 is 0 Å². The zero-order valence-corrected chi connectivity index (χ0v) is 5.65. The van der Waals surface area contributed by atoms with Gasteiger partial charge >= 0.3 is 0 Å². The molecule has 0 atom stereocenters. The first-order valence-electron chi connectivity index (χ1n) is 2.68. The lowest BCUT2D eigenvalue weighted by atomic mass is 9.92. The van der Waals surface area contributed by atoms with Gasteiger partial charge in [0.2, 0.25) is 0 Å². The molecule has 0 aromatic carbocycles. The van der Waals surface area contributed by atoms with Crippen molar-refractivity contribution in [3.8, 4) is 0 Å². The molecular weight excluding hydrogens is 100 g/mol. The van der Waals surface area contributed by atoms with Crippen molar-refractivity contribution in [2.24, 2.45) is 5.41 Å². The molecule has 0 aliphatic carbocycles. The second-order valence-electron chi connectivity index (χ2n) is 2.57. The smallest absolute Gasteiger partial charge is 0.162 e. The summed E-state index contributed by atoms with van der Waals surface area (Å²) in [5.74, 6) is 0. The topological polar surface area (TPSA) is 12.8 Å². The quantitative estimate of drug-likeness (QED) is 0.388. The van der Waals surface area contributed by atoms with Crippen LogP contribution in [0.5, 0.6) is 0 Å². The van der Waals surface area contributed by atoms with Crippen LogP contribution in [-0.4, -0.2) is 11.3 Å². The molecule has 0 amide bonds. The minimum Gasteiger partial charge on any atom is -0.578 e. The first kappa shape index (κ1) is 7.83. The maximum atomic E-state index is 3.76. The van der Waals surface area contributed by atoms with Crippen molar-refractivity contribution in [2.45, 2.75) is 13.8 Å². The largest absolute Gasteiger partial charge is 0.578 e. The second-order valence-corrected chi connectivity index (χ2v) is 2.57. The molecule has 1 heteroatoms. The first-order valence-corrected chi connectivity index (χ1v) is 2.68. The molecule has 1 N–H and O–H groups in total. The summed E-state index contributed by atoms with van der Waals surface area (Å²) in [5.41, 5.74) is 0.127. The fourth-order valence-corrected chi connectivity index (χ4v) is 0.353.